The van der Waals surface area contributed by atoms with Gasteiger partial charge in [-0.15, -0.1) is 11.3 Å². The summed E-state index contributed by atoms with van der Waals surface area (Å²) >= 11 is 7.39. The number of aromatic nitrogens is 2. The maximum Gasteiger partial charge on any atom is 0.266 e. The van der Waals surface area contributed by atoms with Gasteiger partial charge >= 0.3 is 0 Å². The number of para-hydroxylation sites is 1. The predicted octanol–water partition coefficient (Wildman–Crippen LogP) is 3.69. The summed E-state index contributed by atoms with van der Waals surface area (Å²) in [6.07, 6.45) is 0. The number of hydrogen-bond donors (Lipinski definition) is 1. The van der Waals surface area contributed by atoms with Crippen LogP contribution < -0.4 is 4.72 Å². The number of nitrogens with one attached hydrogen (secondary N) is 1. The van der Waals surface area contributed by atoms with Gasteiger partial charge < -0.3 is 14.2 Å². The van der Waals surface area contributed by atoms with Gasteiger partial charge in [-0.2, -0.15) is 0 Å². The summed E-state index contributed by atoms with van der Waals surface area (Å²) < 4.78 is 35.8. The van der Waals surface area contributed by atoms with Crippen molar-refractivity contribution in [3.05, 3.63) is 51.6 Å². The zero-order valence-electron chi connectivity index (χ0n) is 17.9. The first-order valence-corrected chi connectivity index (χ1v) is 12.7. The Balaban J connectivity index is 1.67. The van der Waals surface area contributed by atoms with Crippen molar-refractivity contribution in [1.29, 1.82) is 0 Å². The van der Waals surface area contributed by atoms with Gasteiger partial charge in [0.05, 0.1) is 35.3 Å². The number of sulfonamides is 1. The largest absolute Gasteiger partial charge is 0.378 e. The molecule has 8 nitrogen and oxygen atoms in total. The molecule has 1 saturated heterocycles. The molecule has 0 unspecified atom stereocenters. The minimum absolute atomic E-state index is 0.0753. The van der Waals surface area contributed by atoms with Gasteiger partial charge in [0.25, 0.3) is 15.9 Å². The Bertz CT molecular complexity index is 1280. The van der Waals surface area contributed by atoms with Crippen LogP contribution >= 0.6 is 22.9 Å². The fraction of sp³-hybridized carbons (Fsp3) is 0.333. The van der Waals surface area contributed by atoms with E-state index in [1.165, 1.54) is 11.3 Å². The summed E-state index contributed by atoms with van der Waals surface area (Å²) in [7, 11) is -2.10. The first kappa shape index (κ1) is 22.8. The standard InChI is InChI=1S/C21H23ClN4O4S2/c1-13-19(21(27)26-8-10-30-11-9-26)31-20(23-13)17-12-18(14(2)25(17)3)32(28,29)24-16-7-5-4-6-15(16)22/h4-7,12,24H,8-11H2,1-3H3. The van der Waals surface area contributed by atoms with Crippen LogP contribution in [0.3, 0.4) is 0 Å². The minimum atomic E-state index is -3.88. The lowest BCUT2D eigenvalue weighted by molar-refractivity contribution is 0.0305. The molecule has 11 heteroatoms. The van der Waals surface area contributed by atoms with Gasteiger partial charge in [-0.1, -0.05) is 23.7 Å². The highest BCUT2D eigenvalue weighted by atomic mass is 35.5. The molecule has 1 amide bonds. The van der Waals surface area contributed by atoms with E-state index in [4.69, 9.17) is 16.3 Å². The first-order valence-electron chi connectivity index (χ1n) is 9.97. The zero-order valence-corrected chi connectivity index (χ0v) is 20.3. The zero-order chi connectivity index (χ0) is 23.0. The molecule has 1 fully saturated rings. The summed E-state index contributed by atoms with van der Waals surface area (Å²) in [5, 5.41) is 0.899. The second kappa shape index (κ2) is 8.86. The Labute approximate surface area is 195 Å². The number of nitrogens with zero attached hydrogens (tertiary/aromatic N) is 3. The Morgan fingerprint density at radius 3 is 2.59 bits per heavy atom. The van der Waals surface area contributed by atoms with Crippen molar-refractivity contribution in [1.82, 2.24) is 14.5 Å². The monoisotopic (exact) mass is 494 g/mol. The SMILES string of the molecule is Cc1nc(-c2cc(S(=O)(=O)Nc3ccccc3Cl)c(C)n2C)sc1C(=O)N1CCOCC1. The normalized spacial score (nSPS) is 14.6. The molecule has 3 aromatic rings. The molecule has 0 saturated carbocycles. The molecular formula is C21H23ClN4O4S2. The Kier molecular flexibility index (Phi) is 6.30. The third-order valence-electron chi connectivity index (χ3n) is 5.40. The van der Waals surface area contributed by atoms with Gasteiger partial charge in [-0.25, -0.2) is 13.4 Å². The molecule has 0 spiro atoms. The average molecular weight is 495 g/mol. The molecule has 0 bridgehead atoms. The van der Waals surface area contributed by atoms with Crippen molar-refractivity contribution in [2.24, 2.45) is 7.05 Å². The number of thiazole rings is 1. The lowest BCUT2D eigenvalue weighted by Crippen LogP contribution is -2.40. The summed E-state index contributed by atoms with van der Waals surface area (Å²) in [6, 6.07) is 8.24. The molecule has 1 aliphatic rings. The van der Waals surface area contributed by atoms with Crippen molar-refractivity contribution < 1.29 is 17.9 Å². The number of carbonyl (C=O) groups excluding carboxylic acids is 1. The summed E-state index contributed by atoms with van der Waals surface area (Å²) in [6.45, 7) is 5.65. The maximum atomic E-state index is 13.1. The van der Waals surface area contributed by atoms with Crippen LogP contribution in [0.15, 0.2) is 35.2 Å². The van der Waals surface area contributed by atoms with Gasteiger partial charge in [0.1, 0.15) is 14.8 Å². The van der Waals surface area contributed by atoms with E-state index in [9.17, 15) is 13.2 Å². The van der Waals surface area contributed by atoms with Crippen molar-refractivity contribution >= 4 is 44.6 Å². The third kappa shape index (κ3) is 4.27. The fourth-order valence-electron chi connectivity index (χ4n) is 3.51. The molecule has 3 heterocycles. The van der Waals surface area contributed by atoms with E-state index in [1.807, 2.05) is 0 Å². The van der Waals surface area contributed by atoms with E-state index >= 15 is 0 Å². The highest BCUT2D eigenvalue weighted by Gasteiger charge is 2.27. The van der Waals surface area contributed by atoms with Gasteiger partial charge in [-0.05, 0) is 32.0 Å². The van der Waals surface area contributed by atoms with Crippen LogP contribution in [0.25, 0.3) is 10.7 Å². The molecule has 1 aliphatic heterocycles. The second-order valence-electron chi connectivity index (χ2n) is 7.46. The van der Waals surface area contributed by atoms with Crippen molar-refractivity contribution in [3.8, 4) is 10.7 Å². The lowest BCUT2D eigenvalue weighted by atomic mass is 10.3. The molecule has 2 aromatic heterocycles. The van der Waals surface area contributed by atoms with Crippen LogP contribution in [-0.2, 0) is 21.8 Å². The number of amides is 1. The molecule has 32 heavy (non-hydrogen) atoms. The van der Waals surface area contributed by atoms with Gasteiger partial charge in [-0.3, -0.25) is 9.52 Å². The number of morpholine rings is 1. The number of ether oxygens (including phenoxy) is 1. The Hall–Kier alpha value is -2.40. The predicted molar refractivity (Wildman–Crippen MR) is 125 cm³/mol. The van der Waals surface area contributed by atoms with Crippen LogP contribution in [-0.4, -0.2) is 55.1 Å². The number of anilines is 1. The molecule has 0 atom stereocenters. The molecule has 0 radical (unpaired) electrons. The Morgan fingerprint density at radius 1 is 1.22 bits per heavy atom. The first-order chi connectivity index (χ1) is 15.2. The van der Waals surface area contributed by atoms with Crippen molar-refractivity contribution in [3.63, 3.8) is 0 Å². The van der Waals surface area contributed by atoms with E-state index in [0.717, 1.165) is 0 Å². The Morgan fingerprint density at radius 2 is 1.91 bits per heavy atom. The fourth-order valence-corrected chi connectivity index (χ4v) is 6.20. The lowest BCUT2D eigenvalue weighted by Gasteiger charge is -2.26. The van der Waals surface area contributed by atoms with E-state index in [0.29, 0.717) is 64.0 Å². The number of carbonyl (C=O) groups is 1. The van der Waals surface area contributed by atoms with Gasteiger partial charge in [0, 0.05) is 25.8 Å². The van der Waals surface area contributed by atoms with E-state index in [1.54, 1.807) is 60.7 Å². The summed E-state index contributed by atoms with van der Waals surface area (Å²) in [4.78, 5) is 19.9. The molecule has 1 N–H and O–H groups in total. The van der Waals surface area contributed by atoms with E-state index in [-0.39, 0.29) is 10.8 Å². The van der Waals surface area contributed by atoms with Crippen LogP contribution in [0, 0.1) is 13.8 Å². The molecule has 170 valence electrons. The maximum absolute atomic E-state index is 13.1. The third-order valence-corrected chi connectivity index (χ3v) is 8.38. The van der Waals surface area contributed by atoms with Crippen LogP contribution in [0.4, 0.5) is 5.69 Å². The van der Waals surface area contributed by atoms with E-state index < -0.39 is 10.0 Å². The van der Waals surface area contributed by atoms with E-state index in [2.05, 4.69) is 9.71 Å². The van der Waals surface area contributed by atoms with Gasteiger partial charge in [0.15, 0.2) is 0 Å². The summed E-state index contributed by atoms with van der Waals surface area (Å²) in [5.74, 6) is -0.0753. The quantitative estimate of drug-likeness (QED) is 0.583. The second-order valence-corrected chi connectivity index (χ2v) is 10.5. The van der Waals surface area contributed by atoms with Crippen molar-refractivity contribution in [2.75, 3.05) is 31.0 Å². The molecule has 0 aliphatic carbocycles. The summed E-state index contributed by atoms with van der Waals surface area (Å²) in [5.41, 5.74) is 2.10. The molecular weight excluding hydrogens is 472 g/mol. The number of benzene rings is 1. The van der Waals surface area contributed by atoms with Crippen LogP contribution in [0.1, 0.15) is 21.1 Å². The van der Waals surface area contributed by atoms with Crippen LogP contribution in [0.2, 0.25) is 5.02 Å². The van der Waals surface area contributed by atoms with Crippen LogP contribution in [0.5, 0.6) is 0 Å². The van der Waals surface area contributed by atoms with Crippen molar-refractivity contribution in [2.45, 2.75) is 18.7 Å². The number of aryl methyl sites for hydroxylation is 1. The topological polar surface area (TPSA) is 93.5 Å². The highest BCUT2D eigenvalue weighted by molar-refractivity contribution is 7.92. The molecule has 1 aromatic carbocycles. The average Bonchev–Trinajstić information content (AvgIpc) is 3.30. The minimum Gasteiger partial charge on any atom is -0.378 e. The number of rotatable bonds is 5. The number of hydrogen-bond acceptors (Lipinski definition) is 6. The highest BCUT2D eigenvalue weighted by Crippen LogP contribution is 2.34. The molecule has 4 rings (SSSR count). The number of halogens is 1. The van der Waals surface area contributed by atoms with Gasteiger partial charge in [0.2, 0.25) is 0 Å². The smallest absolute Gasteiger partial charge is 0.266 e.